The number of aromatic nitrogens is 3. The van der Waals surface area contributed by atoms with Gasteiger partial charge in [-0.3, -0.25) is 4.98 Å². The molecule has 1 fully saturated rings. The zero-order valence-electron chi connectivity index (χ0n) is 19.7. The SMILES string of the molecule is CCCn1c(Cc2ccccc2)nc2cc(S(=O)c3ccncc3)c(OC3CCCCC3)cc21. The summed E-state index contributed by atoms with van der Waals surface area (Å²) in [5.41, 5.74) is 3.15. The van der Waals surface area contributed by atoms with Gasteiger partial charge in [-0.2, -0.15) is 0 Å². The summed E-state index contributed by atoms with van der Waals surface area (Å²) in [6, 6.07) is 18.1. The number of hydrogen-bond acceptors (Lipinski definition) is 4. The van der Waals surface area contributed by atoms with Gasteiger partial charge in [0.2, 0.25) is 0 Å². The molecule has 5 nitrogen and oxygen atoms in total. The van der Waals surface area contributed by atoms with E-state index in [-0.39, 0.29) is 6.10 Å². The third-order valence-electron chi connectivity index (χ3n) is 6.45. The maximum atomic E-state index is 13.6. The molecule has 1 unspecified atom stereocenters. The predicted molar refractivity (Wildman–Crippen MR) is 136 cm³/mol. The van der Waals surface area contributed by atoms with Crippen molar-refractivity contribution in [1.82, 2.24) is 14.5 Å². The van der Waals surface area contributed by atoms with E-state index < -0.39 is 10.8 Å². The maximum absolute atomic E-state index is 13.6. The highest BCUT2D eigenvalue weighted by Crippen LogP contribution is 2.34. The highest BCUT2D eigenvalue weighted by molar-refractivity contribution is 7.85. The average molecular weight is 474 g/mol. The molecule has 1 aliphatic carbocycles. The van der Waals surface area contributed by atoms with Gasteiger partial charge in [0, 0.05) is 36.3 Å². The Labute approximate surface area is 203 Å². The normalized spacial score (nSPS) is 15.4. The quantitative estimate of drug-likeness (QED) is 0.301. The zero-order chi connectivity index (χ0) is 23.3. The van der Waals surface area contributed by atoms with Gasteiger partial charge < -0.3 is 9.30 Å². The summed E-state index contributed by atoms with van der Waals surface area (Å²) in [5.74, 6) is 1.75. The molecule has 1 saturated carbocycles. The summed E-state index contributed by atoms with van der Waals surface area (Å²) in [5, 5.41) is 0. The molecule has 0 amide bonds. The Morgan fingerprint density at radius 3 is 2.53 bits per heavy atom. The molecule has 2 aromatic carbocycles. The van der Waals surface area contributed by atoms with Gasteiger partial charge in [0.15, 0.2) is 0 Å². The first kappa shape index (κ1) is 22.8. The third-order valence-corrected chi connectivity index (χ3v) is 7.87. The number of ether oxygens (including phenoxy) is 1. The number of pyridine rings is 1. The van der Waals surface area contributed by atoms with Gasteiger partial charge in [-0.1, -0.05) is 43.7 Å². The molecule has 176 valence electrons. The standard InChI is InChI=1S/C28H31N3O2S/c1-2-17-31-25-20-26(33-22-11-7-4-8-12-22)27(34(32)23-13-15-29-16-14-23)19-24(25)30-28(31)18-21-9-5-3-6-10-21/h3,5-6,9-10,13-16,19-20,22H,2,4,7-8,11-12,17-18H2,1H3. The number of aryl methyl sites for hydroxylation is 1. The number of rotatable bonds is 8. The van der Waals surface area contributed by atoms with E-state index in [2.05, 4.69) is 46.8 Å². The van der Waals surface area contributed by atoms with Crippen molar-refractivity contribution in [3.05, 3.63) is 78.4 Å². The first-order valence-corrected chi connectivity index (χ1v) is 13.4. The molecule has 0 bridgehead atoms. The molecule has 6 heteroatoms. The van der Waals surface area contributed by atoms with Crippen molar-refractivity contribution in [1.29, 1.82) is 0 Å². The fraction of sp³-hybridized carbons (Fsp3) is 0.357. The second kappa shape index (κ2) is 10.5. The molecule has 2 heterocycles. The number of hydrogen-bond donors (Lipinski definition) is 0. The Morgan fingerprint density at radius 1 is 1.03 bits per heavy atom. The van der Waals surface area contributed by atoms with Crippen LogP contribution in [0, 0.1) is 0 Å². The first-order valence-electron chi connectivity index (χ1n) is 12.3. The highest BCUT2D eigenvalue weighted by Gasteiger charge is 2.23. The van der Waals surface area contributed by atoms with Crippen LogP contribution in [-0.2, 0) is 23.8 Å². The number of benzene rings is 2. The van der Waals surface area contributed by atoms with Gasteiger partial charge in [0.25, 0.3) is 0 Å². The van der Waals surface area contributed by atoms with Crippen LogP contribution < -0.4 is 4.74 Å². The lowest BCUT2D eigenvalue weighted by molar-refractivity contribution is 0.151. The third kappa shape index (κ3) is 4.92. The summed E-state index contributed by atoms with van der Waals surface area (Å²) in [7, 11) is -1.37. The van der Waals surface area contributed by atoms with Crippen molar-refractivity contribution >= 4 is 21.8 Å². The monoisotopic (exact) mass is 473 g/mol. The molecule has 0 N–H and O–H groups in total. The Hall–Kier alpha value is -2.99. The predicted octanol–water partition coefficient (Wildman–Crippen LogP) is 6.31. The molecule has 2 aromatic heterocycles. The first-order chi connectivity index (χ1) is 16.7. The van der Waals surface area contributed by atoms with E-state index >= 15 is 0 Å². The van der Waals surface area contributed by atoms with Crippen LogP contribution in [0.25, 0.3) is 11.0 Å². The lowest BCUT2D eigenvalue weighted by atomic mass is 9.98. The number of nitrogens with zero attached hydrogens (tertiary/aromatic N) is 3. The fourth-order valence-corrected chi connectivity index (χ4v) is 5.89. The largest absolute Gasteiger partial charge is 0.489 e. The lowest BCUT2D eigenvalue weighted by Gasteiger charge is -2.24. The molecule has 4 aromatic rings. The molecule has 1 atom stereocenters. The van der Waals surface area contributed by atoms with E-state index in [1.165, 1.54) is 24.8 Å². The van der Waals surface area contributed by atoms with E-state index in [4.69, 9.17) is 9.72 Å². The molecule has 0 aliphatic heterocycles. The molecule has 1 aliphatic rings. The summed E-state index contributed by atoms with van der Waals surface area (Å²) in [4.78, 5) is 10.5. The topological polar surface area (TPSA) is 57.0 Å². The van der Waals surface area contributed by atoms with Gasteiger partial charge in [-0.05, 0) is 55.9 Å². The Morgan fingerprint density at radius 2 is 1.79 bits per heavy atom. The second-order valence-corrected chi connectivity index (χ2v) is 10.4. The van der Waals surface area contributed by atoms with E-state index in [0.717, 1.165) is 59.7 Å². The molecule has 0 radical (unpaired) electrons. The molecule has 0 saturated heterocycles. The zero-order valence-corrected chi connectivity index (χ0v) is 20.5. The van der Waals surface area contributed by atoms with Crippen molar-refractivity contribution in [2.45, 2.75) is 74.3 Å². The minimum absolute atomic E-state index is 0.172. The maximum Gasteiger partial charge on any atom is 0.138 e. The van der Waals surface area contributed by atoms with Crippen LogP contribution >= 0.6 is 0 Å². The highest BCUT2D eigenvalue weighted by atomic mass is 32.2. The minimum Gasteiger partial charge on any atom is -0.489 e. The van der Waals surface area contributed by atoms with E-state index in [0.29, 0.717) is 4.90 Å². The van der Waals surface area contributed by atoms with Gasteiger partial charge in [-0.15, -0.1) is 0 Å². The summed E-state index contributed by atoms with van der Waals surface area (Å²) >= 11 is 0. The molecule has 0 spiro atoms. The summed E-state index contributed by atoms with van der Waals surface area (Å²) in [6.45, 7) is 3.07. The molecular formula is C28H31N3O2S. The number of imidazole rings is 1. The average Bonchev–Trinajstić information content (AvgIpc) is 3.21. The van der Waals surface area contributed by atoms with Crippen LogP contribution in [0.3, 0.4) is 0 Å². The smallest absolute Gasteiger partial charge is 0.138 e. The fourth-order valence-electron chi connectivity index (χ4n) is 4.76. The van der Waals surface area contributed by atoms with Crippen LogP contribution in [0.15, 0.2) is 76.8 Å². The Bertz CT molecular complexity index is 1270. The summed E-state index contributed by atoms with van der Waals surface area (Å²) in [6.07, 6.45) is 11.0. The van der Waals surface area contributed by atoms with Crippen LogP contribution in [0.2, 0.25) is 0 Å². The molecule has 34 heavy (non-hydrogen) atoms. The lowest BCUT2D eigenvalue weighted by Crippen LogP contribution is -2.20. The van der Waals surface area contributed by atoms with Gasteiger partial charge >= 0.3 is 0 Å². The van der Waals surface area contributed by atoms with Crippen LogP contribution in [0.4, 0.5) is 0 Å². The van der Waals surface area contributed by atoms with Crippen molar-refractivity contribution in [2.75, 3.05) is 0 Å². The number of fused-ring (bicyclic) bond motifs is 1. The van der Waals surface area contributed by atoms with Crippen LogP contribution in [0.5, 0.6) is 5.75 Å². The van der Waals surface area contributed by atoms with Crippen molar-refractivity contribution < 1.29 is 8.95 Å². The Kier molecular flexibility index (Phi) is 7.05. The van der Waals surface area contributed by atoms with Crippen LogP contribution in [0.1, 0.15) is 56.8 Å². The van der Waals surface area contributed by atoms with E-state index in [1.54, 1.807) is 24.5 Å². The minimum atomic E-state index is -1.37. The van der Waals surface area contributed by atoms with E-state index in [1.807, 2.05) is 12.1 Å². The second-order valence-electron chi connectivity index (χ2n) is 8.96. The van der Waals surface area contributed by atoms with Crippen molar-refractivity contribution in [3.63, 3.8) is 0 Å². The molecule has 5 rings (SSSR count). The van der Waals surface area contributed by atoms with Gasteiger partial charge in [0.05, 0.1) is 32.8 Å². The Balaban J connectivity index is 1.61. The van der Waals surface area contributed by atoms with Crippen molar-refractivity contribution in [3.8, 4) is 5.75 Å². The van der Waals surface area contributed by atoms with Gasteiger partial charge in [0.1, 0.15) is 11.6 Å². The van der Waals surface area contributed by atoms with E-state index in [9.17, 15) is 4.21 Å². The summed E-state index contributed by atoms with van der Waals surface area (Å²) < 4.78 is 22.5. The molecular weight excluding hydrogens is 442 g/mol. The van der Waals surface area contributed by atoms with Gasteiger partial charge in [-0.25, -0.2) is 9.19 Å². The van der Waals surface area contributed by atoms with Crippen LogP contribution in [-0.4, -0.2) is 24.8 Å². The van der Waals surface area contributed by atoms with Crippen molar-refractivity contribution in [2.24, 2.45) is 0 Å².